The van der Waals surface area contributed by atoms with Crippen LogP contribution in [0.25, 0.3) is 11.1 Å². The maximum Gasteiger partial charge on any atom is 0.573 e. The van der Waals surface area contributed by atoms with Crippen LogP contribution in [0.5, 0.6) is 11.5 Å². The fraction of sp³-hybridized carbons (Fsp3) is 0.200. The molecule has 0 radical (unpaired) electrons. The normalized spacial score (nSPS) is 11.6. The summed E-state index contributed by atoms with van der Waals surface area (Å²) in [7, 11) is 0. The molecule has 0 saturated heterocycles. The van der Waals surface area contributed by atoms with Gasteiger partial charge in [0.1, 0.15) is 11.5 Å². The van der Waals surface area contributed by atoms with Crippen LogP contribution in [0, 0.1) is 0 Å². The third-order valence-electron chi connectivity index (χ3n) is 2.87. The van der Waals surface area contributed by atoms with Crippen LogP contribution in [0.1, 0.15) is 5.56 Å². The molecule has 0 aliphatic heterocycles. The smallest absolute Gasteiger partial charge is 0.434 e. The topological polar surface area (TPSA) is 38.7 Å². The highest BCUT2D eigenvalue weighted by Gasteiger charge is 2.30. The average Bonchev–Trinajstić information content (AvgIpc) is 2.45. The number of benzene rings is 2. The van der Waals surface area contributed by atoms with Crippen molar-refractivity contribution < 1.29 is 36.5 Å². The van der Waals surface area contributed by atoms with Crippen LogP contribution in [0.2, 0.25) is 0 Å². The van der Waals surface area contributed by atoms with E-state index in [0.717, 1.165) is 12.1 Å². The second-order valence-electron chi connectivity index (χ2n) is 4.43. The molecule has 0 aliphatic carbocycles. The molecule has 0 aliphatic rings. The molecule has 0 spiro atoms. The van der Waals surface area contributed by atoms with Gasteiger partial charge in [-0.05, 0) is 29.3 Å². The molecule has 8 heteroatoms. The van der Waals surface area contributed by atoms with Gasteiger partial charge in [0.05, 0.1) is 6.61 Å². The van der Waals surface area contributed by atoms with Crippen molar-refractivity contribution in [2.45, 2.75) is 19.6 Å². The Morgan fingerprint density at radius 1 is 0.957 bits per heavy atom. The molecule has 1 N–H and O–H groups in total. The van der Waals surface area contributed by atoms with Crippen molar-refractivity contribution in [2.75, 3.05) is 0 Å². The number of hydrogen-bond acceptors (Lipinski definition) is 3. The molecule has 0 saturated carbocycles. The van der Waals surface area contributed by atoms with E-state index in [1.54, 1.807) is 0 Å². The quantitative estimate of drug-likeness (QED) is 0.827. The summed E-state index contributed by atoms with van der Waals surface area (Å²) < 4.78 is 69.0. The minimum Gasteiger partial charge on any atom is -0.434 e. The Kier molecular flexibility index (Phi) is 5.05. The summed E-state index contributed by atoms with van der Waals surface area (Å²) in [6.45, 7) is -3.54. The molecule has 124 valence electrons. The molecule has 0 heterocycles. The van der Waals surface area contributed by atoms with Gasteiger partial charge in [0.15, 0.2) is 0 Å². The first-order chi connectivity index (χ1) is 10.8. The number of aliphatic hydroxyl groups excluding tert-OH is 1. The summed E-state index contributed by atoms with van der Waals surface area (Å²) in [5.41, 5.74) is 1.09. The fourth-order valence-corrected chi connectivity index (χ4v) is 1.92. The van der Waals surface area contributed by atoms with E-state index in [4.69, 9.17) is 5.11 Å². The number of halogens is 5. The van der Waals surface area contributed by atoms with Gasteiger partial charge in [0.25, 0.3) is 0 Å². The minimum atomic E-state index is -4.79. The lowest BCUT2D eigenvalue weighted by Crippen LogP contribution is -2.16. The van der Waals surface area contributed by atoms with Crippen molar-refractivity contribution in [2.24, 2.45) is 0 Å². The van der Waals surface area contributed by atoms with Crippen LogP contribution in [0.15, 0.2) is 42.5 Å². The molecule has 0 fully saturated rings. The molecule has 0 bridgehead atoms. The van der Waals surface area contributed by atoms with Gasteiger partial charge in [-0.2, -0.15) is 8.78 Å². The molecule has 3 nitrogen and oxygen atoms in total. The van der Waals surface area contributed by atoms with E-state index in [9.17, 15) is 22.0 Å². The maximum atomic E-state index is 12.4. The third kappa shape index (κ3) is 4.82. The van der Waals surface area contributed by atoms with Crippen LogP contribution in [0.3, 0.4) is 0 Å². The summed E-state index contributed by atoms with van der Waals surface area (Å²) >= 11 is 0. The Balaban J connectivity index is 2.27. The molecule has 0 atom stereocenters. The molecule has 0 unspecified atom stereocenters. The zero-order chi connectivity index (χ0) is 17.0. The lowest BCUT2D eigenvalue weighted by atomic mass is 10.0. The zero-order valence-electron chi connectivity index (χ0n) is 11.5. The molecule has 2 rings (SSSR count). The number of aliphatic hydroxyl groups is 1. The summed E-state index contributed by atoms with van der Waals surface area (Å²) in [6, 6.07) is 9.11. The predicted molar refractivity (Wildman–Crippen MR) is 71.1 cm³/mol. The molecule has 23 heavy (non-hydrogen) atoms. The number of rotatable bonds is 5. The Morgan fingerprint density at radius 2 is 1.57 bits per heavy atom. The van der Waals surface area contributed by atoms with E-state index >= 15 is 0 Å². The second-order valence-corrected chi connectivity index (χ2v) is 4.43. The van der Waals surface area contributed by atoms with Crippen LogP contribution >= 0.6 is 0 Å². The molecular weight excluding hydrogens is 323 g/mol. The van der Waals surface area contributed by atoms with Crippen LogP contribution in [-0.4, -0.2) is 18.1 Å². The Morgan fingerprint density at radius 3 is 2.09 bits per heavy atom. The van der Waals surface area contributed by atoms with Gasteiger partial charge in [-0.3, -0.25) is 0 Å². The molecule has 0 amide bonds. The molecule has 2 aromatic carbocycles. The van der Waals surface area contributed by atoms with Gasteiger partial charge >= 0.3 is 13.0 Å². The Bertz CT molecular complexity index is 653. The first-order valence-electron chi connectivity index (χ1n) is 6.33. The van der Waals surface area contributed by atoms with Crippen LogP contribution in [-0.2, 0) is 6.61 Å². The van der Waals surface area contributed by atoms with Gasteiger partial charge in [-0.15, -0.1) is 13.2 Å². The first-order valence-corrected chi connectivity index (χ1v) is 6.33. The van der Waals surface area contributed by atoms with Crippen molar-refractivity contribution in [1.82, 2.24) is 0 Å². The van der Waals surface area contributed by atoms with Crippen molar-refractivity contribution in [3.8, 4) is 22.6 Å². The van der Waals surface area contributed by atoms with E-state index < -0.39 is 25.3 Å². The number of ether oxygens (including phenoxy) is 2. The van der Waals surface area contributed by atoms with Gasteiger partial charge in [-0.25, -0.2) is 0 Å². The van der Waals surface area contributed by atoms with Crippen LogP contribution < -0.4 is 9.47 Å². The van der Waals surface area contributed by atoms with Crippen molar-refractivity contribution in [3.63, 3.8) is 0 Å². The first kappa shape index (κ1) is 17.0. The standard InChI is InChI=1S/C15H11F5O3/c16-14(17)22-13-7-10(1-2-11(13)8-21)9-3-5-12(6-4-9)23-15(18,19)20/h1-7,14,21H,8H2. The average molecular weight is 334 g/mol. The van der Waals surface area contributed by atoms with Gasteiger partial charge in [-0.1, -0.05) is 24.3 Å². The van der Waals surface area contributed by atoms with E-state index in [2.05, 4.69) is 9.47 Å². The van der Waals surface area contributed by atoms with E-state index in [1.165, 1.54) is 30.3 Å². The summed E-state index contributed by atoms with van der Waals surface area (Å²) in [5, 5.41) is 9.09. The van der Waals surface area contributed by atoms with Crippen molar-refractivity contribution in [3.05, 3.63) is 48.0 Å². The highest BCUT2D eigenvalue weighted by Crippen LogP contribution is 2.30. The predicted octanol–water partition coefficient (Wildman–Crippen LogP) is 4.35. The number of alkyl halides is 5. The summed E-state index contributed by atoms with van der Waals surface area (Å²) in [6.07, 6.45) is -4.79. The molecule has 2 aromatic rings. The Hall–Kier alpha value is -2.35. The molecular formula is C15H11F5O3. The van der Waals surface area contributed by atoms with Crippen molar-refractivity contribution in [1.29, 1.82) is 0 Å². The largest absolute Gasteiger partial charge is 0.573 e. The van der Waals surface area contributed by atoms with E-state index in [-0.39, 0.29) is 11.3 Å². The monoisotopic (exact) mass is 334 g/mol. The molecule has 0 aromatic heterocycles. The van der Waals surface area contributed by atoms with Gasteiger partial charge in [0, 0.05) is 5.56 Å². The third-order valence-corrected chi connectivity index (χ3v) is 2.87. The zero-order valence-corrected chi connectivity index (χ0v) is 11.5. The second kappa shape index (κ2) is 6.82. The highest BCUT2D eigenvalue weighted by atomic mass is 19.4. The van der Waals surface area contributed by atoms with E-state index in [0.29, 0.717) is 11.1 Å². The van der Waals surface area contributed by atoms with Crippen molar-refractivity contribution >= 4 is 0 Å². The van der Waals surface area contributed by atoms with Gasteiger partial charge < -0.3 is 14.6 Å². The highest BCUT2D eigenvalue weighted by molar-refractivity contribution is 5.66. The number of hydrogen-bond donors (Lipinski definition) is 1. The van der Waals surface area contributed by atoms with Crippen LogP contribution in [0.4, 0.5) is 22.0 Å². The van der Waals surface area contributed by atoms with Gasteiger partial charge in [0.2, 0.25) is 0 Å². The van der Waals surface area contributed by atoms with E-state index in [1.807, 2.05) is 0 Å². The maximum absolute atomic E-state index is 12.4. The SMILES string of the molecule is OCc1ccc(-c2ccc(OC(F)(F)F)cc2)cc1OC(F)F. The lowest BCUT2D eigenvalue weighted by molar-refractivity contribution is -0.274. The Labute approximate surface area is 127 Å². The summed E-state index contributed by atoms with van der Waals surface area (Å²) in [5.74, 6) is -0.590. The lowest BCUT2D eigenvalue weighted by Gasteiger charge is -2.12. The minimum absolute atomic E-state index is 0.172. The summed E-state index contributed by atoms with van der Waals surface area (Å²) in [4.78, 5) is 0. The fourth-order valence-electron chi connectivity index (χ4n) is 1.92.